The maximum atomic E-state index is 12.2. The Balaban J connectivity index is 1.63. The number of fused-ring (bicyclic) bond motifs is 1. The number of phenolic OH excluding ortho intramolecular Hbond substituents is 3. The average molecular weight is 432 g/mol. The molecular formula is C19H18BrN3O4. The Kier molecular flexibility index (Phi) is 5.38. The molecule has 2 aromatic carbocycles. The SMILES string of the molecule is NC(Cc1c[nH]c2cc(Br)ccc12)C(=O)N/C=C/c1cc(O)c(O)c(O)c1. The minimum Gasteiger partial charge on any atom is -0.504 e. The average Bonchev–Trinajstić information content (AvgIpc) is 3.01. The van der Waals surface area contributed by atoms with Crippen molar-refractivity contribution in [3.63, 3.8) is 0 Å². The molecule has 7 N–H and O–H groups in total. The summed E-state index contributed by atoms with van der Waals surface area (Å²) in [4.78, 5) is 15.3. The van der Waals surface area contributed by atoms with Crippen LogP contribution in [-0.4, -0.2) is 32.3 Å². The van der Waals surface area contributed by atoms with E-state index >= 15 is 0 Å². The van der Waals surface area contributed by atoms with E-state index in [-0.39, 0.29) is 5.91 Å². The third-order valence-corrected chi connectivity index (χ3v) is 4.59. The van der Waals surface area contributed by atoms with Crippen molar-refractivity contribution >= 4 is 38.8 Å². The summed E-state index contributed by atoms with van der Waals surface area (Å²) in [5.74, 6) is -1.87. The number of carbonyl (C=O) groups is 1. The van der Waals surface area contributed by atoms with Crippen molar-refractivity contribution in [2.75, 3.05) is 0 Å². The lowest BCUT2D eigenvalue weighted by Gasteiger charge is -2.09. The van der Waals surface area contributed by atoms with E-state index in [2.05, 4.69) is 26.2 Å². The largest absolute Gasteiger partial charge is 0.504 e. The van der Waals surface area contributed by atoms with Crippen LogP contribution in [0.25, 0.3) is 17.0 Å². The van der Waals surface area contributed by atoms with Crippen molar-refractivity contribution in [1.82, 2.24) is 10.3 Å². The van der Waals surface area contributed by atoms with Crippen LogP contribution in [0.2, 0.25) is 0 Å². The number of nitrogens with two attached hydrogens (primary N) is 1. The highest BCUT2D eigenvalue weighted by atomic mass is 79.9. The Morgan fingerprint density at radius 3 is 2.63 bits per heavy atom. The first-order chi connectivity index (χ1) is 12.8. The topological polar surface area (TPSA) is 132 Å². The zero-order chi connectivity index (χ0) is 19.6. The number of amides is 1. The zero-order valence-corrected chi connectivity index (χ0v) is 15.7. The lowest BCUT2D eigenvalue weighted by Crippen LogP contribution is -2.39. The van der Waals surface area contributed by atoms with Gasteiger partial charge in [-0.2, -0.15) is 0 Å². The number of aromatic nitrogens is 1. The van der Waals surface area contributed by atoms with E-state index in [9.17, 15) is 20.1 Å². The van der Waals surface area contributed by atoms with E-state index in [1.54, 1.807) is 0 Å². The van der Waals surface area contributed by atoms with Crippen LogP contribution in [-0.2, 0) is 11.2 Å². The van der Waals surface area contributed by atoms with Gasteiger partial charge in [0.15, 0.2) is 17.2 Å². The summed E-state index contributed by atoms with van der Waals surface area (Å²) in [5.41, 5.74) is 8.30. The predicted octanol–water partition coefficient (Wildman–Crippen LogP) is 2.70. The van der Waals surface area contributed by atoms with E-state index in [0.29, 0.717) is 12.0 Å². The van der Waals surface area contributed by atoms with Gasteiger partial charge in [-0.1, -0.05) is 22.0 Å². The van der Waals surface area contributed by atoms with Crippen LogP contribution in [0.3, 0.4) is 0 Å². The first-order valence-corrected chi connectivity index (χ1v) is 8.87. The van der Waals surface area contributed by atoms with Crippen LogP contribution in [0.5, 0.6) is 17.2 Å². The smallest absolute Gasteiger partial charge is 0.241 e. The fourth-order valence-corrected chi connectivity index (χ4v) is 3.07. The highest BCUT2D eigenvalue weighted by Gasteiger charge is 2.15. The van der Waals surface area contributed by atoms with E-state index in [0.717, 1.165) is 20.9 Å². The second-order valence-corrected chi connectivity index (χ2v) is 6.98. The lowest BCUT2D eigenvalue weighted by atomic mass is 10.1. The summed E-state index contributed by atoms with van der Waals surface area (Å²) >= 11 is 3.41. The summed E-state index contributed by atoms with van der Waals surface area (Å²) in [6.07, 6.45) is 5.02. The van der Waals surface area contributed by atoms with Gasteiger partial charge < -0.3 is 31.4 Å². The van der Waals surface area contributed by atoms with Gasteiger partial charge in [-0.05, 0) is 47.9 Å². The Morgan fingerprint density at radius 1 is 1.22 bits per heavy atom. The maximum absolute atomic E-state index is 12.2. The van der Waals surface area contributed by atoms with Gasteiger partial charge in [0.2, 0.25) is 5.91 Å². The second kappa shape index (κ2) is 7.73. The van der Waals surface area contributed by atoms with Gasteiger partial charge in [0.1, 0.15) is 0 Å². The fourth-order valence-electron chi connectivity index (χ4n) is 2.71. The second-order valence-electron chi connectivity index (χ2n) is 6.06. The molecule has 1 heterocycles. The number of halogens is 1. The number of aromatic hydroxyl groups is 3. The summed E-state index contributed by atoms with van der Waals surface area (Å²) in [7, 11) is 0. The Labute approximate surface area is 163 Å². The van der Waals surface area contributed by atoms with Crippen LogP contribution < -0.4 is 11.1 Å². The molecule has 3 aromatic rings. The number of benzene rings is 2. The third-order valence-electron chi connectivity index (χ3n) is 4.10. The molecule has 0 aliphatic carbocycles. The number of H-pyrrole nitrogens is 1. The van der Waals surface area contributed by atoms with E-state index in [1.807, 2.05) is 24.4 Å². The summed E-state index contributed by atoms with van der Waals surface area (Å²) < 4.78 is 0.960. The molecule has 0 aliphatic rings. The molecule has 1 atom stereocenters. The molecule has 0 fully saturated rings. The van der Waals surface area contributed by atoms with Crippen LogP contribution >= 0.6 is 15.9 Å². The molecule has 0 radical (unpaired) electrons. The lowest BCUT2D eigenvalue weighted by molar-refractivity contribution is -0.121. The van der Waals surface area contributed by atoms with Crippen molar-refractivity contribution < 1.29 is 20.1 Å². The van der Waals surface area contributed by atoms with Crippen LogP contribution in [0.1, 0.15) is 11.1 Å². The molecule has 0 aliphatic heterocycles. The van der Waals surface area contributed by atoms with Gasteiger partial charge in [-0.25, -0.2) is 0 Å². The molecule has 0 bridgehead atoms. The Bertz CT molecular complexity index is 1010. The highest BCUT2D eigenvalue weighted by Crippen LogP contribution is 2.35. The number of nitrogens with one attached hydrogen (secondary N) is 2. The van der Waals surface area contributed by atoms with Crippen molar-refractivity contribution in [3.05, 3.63) is 58.3 Å². The van der Waals surface area contributed by atoms with Crippen LogP contribution in [0, 0.1) is 0 Å². The van der Waals surface area contributed by atoms with E-state index in [4.69, 9.17) is 5.73 Å². The molecule has 3 rings (SSSR count). The minimum atomic E-state index is -0.751. The van der Waals surface area contributed by atoms with Gasteiger partial charge in [0, 0.05) is 27.8 Å². The molecular weight excluding hydrogens is 414 g/mol. The summed E-state index contributed by atoms with van der Waals surface area (Å²) in [5, 5.41) is 31.8. The monoisotopic (exact) mass is 431 g/mol. The molecule has 7 nitrogen and oxygen atoms in total. The van der Waals surface area contributed by atoms with Crippen molar-refractivity contribution in [2.45, 2.75) is 12.5 Å². The number of aromatic amines is 1. The summed E-state index contributed by atoms with van der Waals surface area (Å²) in [6, 6.07) is 7.59. The summed E-state index contributed by atoms with van der Waals surface area (Å²) in [6.45, 7) is 0. The number of hydrogen-bond acceptors (Lipinski definition) is 5. The minimum absolute atomic E-state index is 0.363. The molecule has 0 saturated heterocycles. The number of carbonyl (C=O) groups excluding carboxylic acids is 1. The molecule has 140 valence electrons. The molecule has 1 amide bonds. The number of hydrogen-bond donors (Lipinski definition) is 6. The maximum Gasteiger partial charge on any atom is 0.241 e. The van der Waals surface area contributed by atoms with Crippen LogP contribution in [0.4, 0.5) is 0 Å². The van der Waals surface area contributed by atoms with Gasteiger partial charge in [-0.15, -0.1) is 0 Å². The van der Waals surface area contributed by atoms with Gasteiger partial charge in [0.05, 0.1) is 6.04 Å². The van der Waals surface area contributed by atoms with Crippen molar-refractivity contribution in [2.24, 2.45) is 5.73 Å². The van der Waals surface area contributed by atoms with Gasteiger partial charge in [0.25, 0.3) is 0 Å². The van der Waals surface area contributed by atoms with Crippen LogP contribution in [0.15, 0.2) is 47.2 Å². The van der Waals surface area contributed by atoms with E-state index in [1.165, 1.54) is 24.4 Å². The molecule has 8 heteroatoms. The first-order valence-electron chi connectivity index (χ1n) is 8.08. The molecule has 0 saturated carbocycles. The molecule has 1 aromatic heterocycles. The fraction of sp³-hybridized carbons (Fsp3) is 0.105. The number of phenols is 3. The van der Waals surface area contributed by atoms with Crippen molar-refractivity contribution in [1.29, 1.82) is 0 Å². The molecule has 1 unspecified atom stereocenters. The van der Waals surface area contributed by atoms with E-state index < -0.39 is 23.3 Å². The molecule has 0 spiro atoms. The first kappa shape index (κ1) is 18.8. The van der Waals surface area contributed by atoms with Gasteiger partial charge in [-0.3, -0.25) is 4.79 Å². The third kappa shape index (κ3) is 4.24. The normalized spacial score (nSPS) is 12.5. The Hall–Kier alpha value is -2.97. The quantitative estimate of drug-likeness (QED) is 0.345. The Morgan fingerprint density at radius 2 is 1.93 bits per heavy atom. The van der Waals surface area contributed by atoms with Gasteiger partial charge >= 0.3 is 0 Å². The molecule has 27 heavy (non-hydrogen) atoms. The standard InChI is InChI=1S/C19H18BrN3O4/c20-12-1-2-13-11(9-23-15(13)8-12)7-14(21)19(27)22-4-3-10-5-16(24)18(26)17(25)6-10/h1-6,8-9,14,23-26H,7,21H2,(H,22,27)/b4-3+. The number of rotatable bonds is 5. The highest BCUT2D eigenvalue weighted by molar-refractivity contribution is 9.10. The van der Waals surface area contributed by atoms with Crippen molar-refractivity contribution in [3.8, 4) is 17.2 Å². The predicted molar refractivity (Wildman–Crippen MR) is 106 cm³/mol. The zero-order valence-electron chi connectivity index (χ0n) is 14.1.